The second-order valence-electron chi connectivity index (χ2n) is 10.5. The summed E-state index contributed by atoms with van der Waals surface area (Å²) >= 11 is 1.89. The van der Waals surface area contributed by atoms with Gasteiger partial charge in [0.2, 0.25) is 0 Å². The van der Waals surface area contributed by atoms with E-state index in [1.54, 1.807) is 0 Å². The summed E-state index contributed by atoms with van der Waals surface area (Å²) in [6.45, 7) is 0. The van der Waals surface area contributed by atoms with Gasteiger partial charge in [-0.3, -0.25) is 0 Å². The van der Waals surface area contributed by atoms with Crippen molar-refractivity contribution in [2.24, 2.45) is 0 Å². The zero-order valence-electron chi connectivity index (χ0n) is 22.9. The third-order valence-corrected chi connectivity index (χ3v) is 9.26. The molecule has 0 aliphatic heterocycles. The zero-order chi connectivity index (χ0) is 27.9. The average Bonchev–Trinajstić information content (AvgIpc) is 3.46. The first-order valence-electron chi connectivity index (χ1n) is 14.3. The van der Waals surface area contributed by atoms with Crippen LogP contribution in [0.5, 0.6) is 0 Å². The fourth-order valence-corrected chi connectivity index (χ4v) is 7.36. The molecule has 7 aromatic carbocycles. The van der Waals surface area contributed by atoms with Crippen LogP contribution in [-0.4, -0.2) is 0 Å². The summed E-state index contributed by atoms with van der Waals surface area (Å²) in [5, 5.41) is 5.15. The maximum atomic E-state index is 2.42. The molecule has 0 spiro atoms. The average molecular weight is 554 g/mol. The summed E-state index contributed by atoms with van der Waals surface area (Å²) in [6, 6.07) is 59.0. The van der Waals surface area contributed by atoms with Crippen LogP contribution >= 0.6 is 11.3 Å². The molecular weight excluding hydrogens is 527 g/mol. The first kappa shape index (κ1) is 24.6. The Hall–Kier alpha value is -5.18. The summed E-state index contributed by atoms with van der Waals surface area (Å²) in [6.07, 6.45) is 0. The van der Waals surface area contributed by atoms with Gasteiger partial charge in [0.15, 0.2) is 0 Å². The van der Waals surface area contributed by atoms with Gasteiger partial charge in [-0.1, -0.05) is 127 Å². The van der Waals surface area contributed by atoms with Gasteiger partial charge in [0.25, 0.3) is 0 Å². The molecule has 0 fully saturated rings. The molecule has 1 heterocycles. The van der Waals surface area contributed by atoms with Crippen LogP contribution in [0.2, 0.25) is 0 Å². The van der Waals surface area contributed by atoms with E-state index >= 15 is 0 Å². The monoisotopic (exact) mass is 553 g/mol. The number of thiophene rings is 1. The van der Waals surface area contributed by atoms with E-state index in [0.29, 0.717) is 0 Å². The van der Waals surface area contributed by atoms with E-state index in [1.807, 2.05) is 11.3 Å². The van der Waals surface area contributed by atoms with Crippen molar-refractivity contribution in [3.63, 3.8) is 0 Å². The molecule has 0 saturated carbocycles. The quantitative estimate of drug-likeness (QED) is 0.205. The Balaban J connectivity index is 1.41. The number of fused-ring (bicyclic) bond motifs is 5. The fourth-order valence-electron chi connectivity index (χ4n) is 6.11. The molecule has 0 amide bonds. The van der Waals surface area contributed by atoms with Crippen molar-refractivity contribution in [3.05, 3.63) is 164 Å². The number of para-hydroxylation sites is 1. The van der Waals surface area contributed by atoms with Crippen LogP contribution in [-0.2, 0) is 0 Å². The first-order chi connectivity index (χ1) is 20.8. The van der Waals surface area contributed by atoms with Gasteiger partial charge in [0.1, 0.15) is 0 Å². The highest BCUT2D eigenvalue weighted by molar-refractivity contribution is 7.26. The summed E-state index contributed by atoms with van der Waals surface area (Å²) in [5.74, 6) is 0. The van der Waals surface area contributed by atoms with Gasteiger partial charge in [-0.25, -0.2) is 0 Å². The maximum Gasteiger partial charge on any atom is 0.0547 e. The Morgan fingerprint density at radius 2 is 0.976 bits per heavy atom. The standard InChI is InChI=1S/C40H27NS/c1-4-13-28(14-5-1)29-23-25-32(26-24-29)41(31-17-8-3-9-18-31)37-27-36-39-33(30-15-6-2-7-16-30)21-12-22-38(39)42-40(36)35-20-11-10-19-34(35)37/h1-27H. The summed E-state index contributed by atoms with van der Waals surface area (Å²) in [4.78, 5) is 2.41. The first-order valence-corrected chi connectivity index (χ1v) is 15.1. The predicted octanol–water partition coefficient (Wildman–Crippen LogP) is 12.0. The van der Waals surface area contributed by atoms with E-state index in [0.717, 1.165) is 11.4 Å². The normalized spacial score (nSPS) is 11.3. The second-order valence-corrected chi connectivity index (χ2v) is 11.6. The Kier molecular flexibility index (Phi) is 6.05. The van der Waals surface area contributed by atoms with Crippen molar-refractivity contribution >= 4 is 59.3 Å². The maximum absolute atomic E-state index is 2.42. The van der Waals surface area contributed by atoms with Crippen molar-refractivity contribution in [1.82, 2.24) is 0 Å². The second kappa shape index (κ2) is 10.3. The lowest BCUT2D eigenvalue weighted by Gasteiger charge is -2.27. The largest absolute Gasteiger partial charge is 0.310 e. The topological polar surface area (TPSA) is 3.24 Å². The van der Waals surface area contributed by atoms with Gasteiger partial charge in [-0.2, -0.15) is 0 Å². The lowest BCUT2D eigenvalue weighted by molar-refractivity contribution is 1.30. The molecule has 0 radical (unpaired) electrons. The van der Waals surface area contributed by atoms with Crippen LogP contribution in [0.15, 0.2) is 164 Å². The minimum absolute atomic E-state index is 1.13. The van der Waals surface area contributed by atoms with Crippen molar-refractivity contribution in [3.8, 4) is 22.3 Å². The number of hydrogen-bond acceptors (Lipinski definition) is 2. The van der Waals surface area contributed by atoms with E-state index < -0.39 is 0 Å². The third kappa shape index (κ3) is 4.16. The highest BCUT2D eigenvalue weighted by atomic mass is 32.1. The van der Waals surface area contributed by atoms with Gasteiger partial charge in [0.05, 0.1) is 5.69 Å². The van der Waals surface area contributed by atoms with Crippen molar-refractivity contribution in [1.29, 1.82) is 0 Å². The molecule has 0 saturated heterocycles. The number of benzene rings is 7. The van der Waals surface area contributed by atoms with Crippen LogP contribution in [0.3, 0.4) is 0 Å². The Labute approximate surface area is 249 Å². The molecule has 42 heavy (non-hydrogen) atoms. The predicted molar refractivity (Wildman–Crippen MR) is 182 cm³/mol. The zero-order valence-corrected chi connectivity index (χ0v) is 23.8. The molecule has 0 N–H and O–H groups in total. The van der Waals surface area contributed by atoms with Gasteiger partial charge in [0, 0.05) is 42.3 Å². The minimum atomic E-state index is 1.13. The molecule has 8 aromatic rings. The van der Waals surface area contributed by atoms with Crippen LogP contribution in [0.4, 0.5) is 17.1 Å². The molecular formula is C40H27NS. The number of hydrogen-bond donors (Lipinski definition) is 0. The van der Waals surface area contributed by atoms with E-state index in [2.05, 4.69) is 169 Å². The summed E-state index contributed by atoms with van der Waals surface area (Å²) in [7, 11) is 0. The van der Waals surface area contributed by atoms with Crippen LogP contribution in [0.1, 0.15) is 0 Å². The number of rotatable bonds is 5. The highest BCUT2D eigenvalue weighted by Gasteiger charge is 2.20. The lowest BCUT2D eigenvalue weighted by atomic mass is 9.97. The molecule has 0 unspecified atom stereocenters. The van der Waals surface area contributed by atoms with Gasteiger partial charge < -0.3 is 4.90 Å². The van der Waals surface area contributed by atoms with E-state index in [4.69, 9.17) is 0 Å². The minimum Gasteiger partial charge on any atom is -0.310 e. The van der Waals surface area contributed by atoms with E-state index in [-0.39, 0.29) is 0 Å². The van der Waals surface area contributed by atoms with Crippen molar-refractivity contribution in [2.75, 3.05) is 4.90 Å². The Morgan fingerprint density at radius 1 is 0.405 bits per heavy atom. The molecule has 198 valence electrons. The number of nitrogens with zero attached hydrogens (tertiary/aromatic N) is 1. The van der Waals surface area contributed by atoms with E-state index in [1.165, 1.54) is 58.9 Å². The van der Waals surface area contributed by atoms with Crippen LogP contribution < -0.4 is 4.90 Å². The SMILES string of the molecule is c1ccc(-c2ccc(N(c3ccccc3)c3cc4c(sc5cccc(-c6ccccc6)c54)c4ccccc34)cc2)cc1. The Bertz CT molecular complexity index is 2160. The molecule has 2 heteroatoms. The van der Waals surface area contributed by atoms with E-state index in [9.17, 15) is 0 Å². The van der Waals surface area contributed by atoms with Gasteiger partial charge >= 0.3 is 0 Å². The molecule has 0 atom stereocenters. The highest BCUT2D eigenvalue weighted by Crippen LogP contribution is 2.48. The molecule has 1 nitrogen and oxygen atoms in total. The van der Waals surface area contributed by atoms with Crippen molar-refractivity contribution < 1.29 is 0 Å². The van der Waals surface area contributed by atoms with Crippen LogP contribution in [0, 0.1) is 0 Å². The summed E-state index contributed by atoms with van der Waals surface area (Å²) < 4.78 is 2.65. The lowest BCUT2D eigenvalue weighted by Crippen LogP contribution is -2.10. The Morgan fingerprint density at radius 3 is 1.69 bits per heavy atom. The molecule has 0 aliphatic rings. The van der Waals surface area contributed by atoms with Crippen molar-refractivity contribution in [2.45, 2.75) is 0 Å². The number of anilines is 3. The molecule has 0 aliphatic carbocycles. The summed E-state index contributed by atoms with van der Waals surface area (Å²) in [5.41, 5.74) is 8.40. The van der Waals surface area contributed by atoms with Gasteiger partial charge in [-0.05, 0) is 58.7 Å². The van der Waals surface area contributed by atoms with Gasteiger partial charge in [-0.15, -0.1) is 11.3 Å². The molecule has 8 rings (SSSR count). The molecule has 0 bridgehead atoms. The fraction of sp³-hybridized carbons (Fsp3) is 0. The molecule has 1 aromatic heterocycles. The third-order valence-electron chi connectivity index (χ3n) is 8.05. The smallest absolute Gasteiger partial charge is 0.0547 e. The van der Waals surface area contributed by atoms with Crippen LogP contribution in [0.25, 0.3) is 53.2 Å².